The van der Waals surface area contributed by atoms with Crippen LogP contribution in [-0.4, -0.2) is 71.0 Å². The summed E-state index contributed by atoms with van der Waals surface area (Å²) in [5.41, 5.74) is -3.48. The minimum Gasteiger partial charge on any atom is -0.744 e. The molecule has 2 aromatic carbocycles. The van der Waals surface area contributed by atoms with E-state index < -0.39 is 82.1 Å². The van der Waals surface area contributed by atoms with E-state index in [0.29, 0.717) is 21.7 Å². The quantitative estimate of drug-likeness (QED) is 0.0160. The molecule has 0 saturated carbocycles. The van der Waals surface area contributed by atoms with Crippen LogP contribution in [0.5, 0.6) is 5.88 Å². The van der Waals surface area contributed by atoms with Gasteiger partial charge in [0.15, 0.2) is 11.4 Å². The minimum absolute atomic E-state index is 0. The monoisotopic (exact) mass is 994 g/mol. The number of terminal acetylenes is 1. The normalized spacial score (nSPS) is 13.2. The van der Waals surface area contributed by atoms with Crippen LogP contribution in [0.4, 0.5) is 5.69 Å². The molecule has 0 aliphatic carbocycles. The van der Waals surface area contributed by atoms with E-state index in [-0.39, 0.29) is 240 Å². The smallest absolute Gasteiger partial charge is 0.744 e. The molecule has 1 aliphatic heterocycles. The van der Waals surface area contributed by atoms with E-state index in [1.807, 2.05) is 0 Å². The fourth-order valence-corrected chi connectivity index (χ4v) is 6.45. The molecule has 30 heteroatoms. The molecule has 290 valence electrons. The van der Waals surface area contributed by atoms with E-state index in [1.54, 1.807) is 6.11 Å². The number of allylic oxidation sites excluding steroid dienone is 4. The van der Waals surface area contributed by atoms with Crippen LogP contribution in [0.15, 0.2) is 91.0 Å². The van der Waals surface area contributed by atoms with Gasteiger partial charge < -0.3 is 34.2 Å². The maximum Gasteiger partial charge on any atom is 1.00 e. The van der Waals surface area contributed by atoms with Gasteiger partial charge in [-0.05, 0) is 55.5 Å². The van der Waals surface area contributed by atoms with E-state index in [4.69, 9.17) is 11.2 Å². The van der Waals surface area contributed by atoms with E-state index in [0.717, 1.165) is 60.7 Å². The molecule has 1 aliphatic rings. The second-order valence-electron chi connectivity index (χ2n) is 9.72. The predicted octanol–water partition coefficient (Wildman–Crippen LogP) is -11.9. The third-order valence-electron chi connectivity index (χ3n) is 6.51. The summed E-state index contributed by atoms with van der Waals surface area (Å²) in [5.74, 6) is -4.50. The van der Waals surface area contributed by atoms with Crippen molar-refractivity contribution in [2.75, 3.05) is 11.6 Å². The van der Waals surface area contributed by atoms with Gasteiger partial charge in [0, 0.05) is 9.79 Å². The number of hydrazone groups is 1. The Morgan fingerprint density at radius 1 is 0.881 bits per heavy atom. The van der Waals surface area contributed by atoms with Gasteiger partial charge in [0.25, 0.3) is 5.91 Å². The molecule has 1 aromatic heterocycles. The number of nitrogens with zero attached hydrogens (tertiary/aromatic N) is 4. The Bertz CT molecular complexity index is 2420. The summed E-state index contributed by atoms with van der Waals surface area (Å²) in [6, 6.07) is 5.60. The minimum atomic E-state index is -5.27. The maximum atomic E-state index is 13.5. The molecule has 1 N–H and O–H groups in total. The zero-order valence-electron chi connectivity index (χ0n) is 30.9. The van der Waals surface area contributed by atoms with Gasteiger partial charge in [0.05, 0.1) is 63.0 Å². The summed E-state index contributed by atoms with van der Waals surface area (Å²) in [7, 11) is -10.5. The van der Waals surface area contributed by atoms with Gasteiger partial charge in [0.2, 0.25) is 5.88 Å². The van der Waals surface area contributed by atoms with Gasteiger partial charge in [-0.25, -0.2) is 26.4 Å². The number of esters is 2. The standard InChI is InChI=1S/C29H22N4O18S4.4K/c1-3-46-28(36)24-18(26(34)32(30-24)20-14-16(52-50-48-38)10-12-22(20)54(40,41)42)8-6-5-7-9-19-25(29(37)47-4-2)31-33(27(19)35)21-15-17(53-51-49-39)11-13-23(21)55(43,44)45;;;;/h1,5-15,35,38-39H,4H2,2H3,(H,40,41,42)(H,43,44,45);;;;/q;4*+1/p-4/b6-5?,9-7?,18-8-;;;;. The van der Waals surface area contributed by atoms with Crippen LogP contribution < -0.4 is 221 Å². The van der Waals surface area contributed by atoms with Crippen molar-refractivity contribution in [1.82, 2.24) is 9.78 Å². The van der Waals surface area contributed by atoms with Crippen LogP contribution in [0, 0.1) is 12.5 Å². The summed E-state index contributed by atoms with van der Waals surface area (Å²) in [6.07, 6.45) is 12.1. The Morgan fingerprint density at radius 3 is 1.93 bits per heavy atom. The molecule has 0 saturated heterocycles. The van der Waals surface area contributed by atoms with Crippen molar-refractivity contribution in [3.63, 3.8) is 0 Å². The first kappa shape index (κ1) is 60.1. The average Bonchev–Trinajstić information content (AvgIpc) is 3.64. The summed E-state index contributed by atoms with van der Waals surface area (Å²) < 4.78 is 90.5. The van der Waals surface area contributed by atoms with Crippen LogP contribution in [-0.2, 0) is 58.0 Å². The van der Waals surface area contributed by atoms with Crippen molar-refractivity contribution >= 4 is 79.6 Å². The number of hydrogen-bond acceptors (Lipinski definition) is 22. The van der Waals surface area contributed by atoms with Crippen LogP contribution in [0.3, 0.4) is 0 Å². The molecule has 59 heavy (non-hydrogen) atoms. The molecule has 3 aromatic rings. The van der Waals surface area contributed by atoms with Crippen molar-refractivity contribution in [1.29, 1.82) is 0 Å². The fourth-order valence-electron chi connectivity index (χ4n) is 4.40. The van der Waals surface area contributed by atoms with Gasteiger partial charge in [-0.1, -0.05) is 24.7 Å². The molecule has 1 amide bonds. The topological polar surface area (TPSA) is 321 Å². The van der Waals surface area contributed by atoms with Crippen molar-refractivity contribution < 1.29 is 290 Å². The second kappa shape index (κ2) is 28.2. The van der Waals surface area contributed by atoms with E-state index in [1.165, 1.54) is 13.0 Å². The van der Waals surface area contributed by atoms with Crippen molar-refractivity contribution in [2.24, 2.45) is 5.10 Å². The zero-order chi connectivity index (χ0) is 40.5. The molecule has 22 nitrogen and oxygen atoms in total. The molecule has 0 fully saturated rings. The van der Waals surface area contributed by atoms with E-state index in [9.17, 15) is 55.9 Å². The molecular formula is C29H18K4N4O18S4. The molecular weight excluding hydrogens is 977 g/mol. The van der Waals surface area contributed by atoms with Crippen LogP contribution in [0.25, 0.3) is 11.8 Å². The molecule has 0 bridgehead atoms. The zero-order valence-corrected chi connectivity index (χ0v) is 46.7. The van der Waals surface area contributed by atoms with Gasteiger partial charge in [0.1, 0.15) is 26.3 Å². The Kier molecular flexibility index (Phi) is 28.8. The van der Waals surface area contributed by atoms with Crippen molar-refractivity contribution in [2.45, 2.75) is 26.5 Å². The number of hydrogen-bond donors (Lipinski definition) is 1. The molecule has 2 heterocycles. The molecule has 0 atom stereocenters. The Balaban J connectivity index is 0.00000841. The average molecular weight is 995 g/mol. The molecule has 0 unspecified atom stereocenters. The number of carbonyl (C=O) groups is 3. The number of aromatic nitrogens is 2. The summed E-state index contributed by atoms with van der Waals surface area (Å²) in [5, 5.41) is 46.2. The van der Waals surface area contributed by atoms with Gasteiger partial charge in [-0.2, -0.15) is 28.6 Å². The largest absolute Gasteiger partial charge is 1.00 e. The first-order valence-corrected chi connectivity index (χ1v) is 18.5. The van der Waals surface area contributed by atoms with Gasteiger partial charge in [-0.3, -0.25) is 14.9 Å². The Morgan fingerprint density at radius 2 is 1.42 bits per heavy atom. The number of anilines is 1. The number of carbonyl (C=O) groups excluding carboxylic acids is 3. The van der Waals surface area contributed by atoms with E-state index >= 15 is 0 Å². The van der Waals surface area contributed by atoms with Gasteiger partial charge in [-0.15, -0.1) is 0 Å². The molecule has 0 radical (unpaired) electrons. The van der Waals surface area contributed by atoms with Crippen LogP contribution >= 0.6 is 24.1 Å². The third-order valence-corrected chi connectivity index (χ3v) is 9.42. The van der Waals surface area contributed by atoms with Crippen LogP contribution in [0.2, 0.25) is 0 Å². The van der Waals surface area contributed by atoms with Gasteiger partial charge >= 0.3 is 217 Å². The van der Waals surface area contributed by atoms with Crippen molar-refractivity contribution in [3.8, 4) is 24.1 Å². The Hall–Kier alpha value is 1.14. The van der Waals surface area contributed by atoms with Crippen LogP contribution in [0.1, 0.15) is 23.0 Å². The number of amides is 1. The summed E-state index contributed by atoms with van der Waals surface area (Å²) in [4.78, 5) is 37.0. The second-order valence-corrected chi connectivity index (χ2v) is 14.0. The third kappa shape index (κ3) is 16.2. The number of rotatable bonds is 16. The summed E-state index contributed by atoms with van der Waals surface area (Å²) in [6.45, 7) is 1.30. The number of benzene rings is 2. The number of ether oxygens (including phenoxy) is 2. The first-order chi connectivity index (χ1) is 26.1. The molecule has 4 rings (SSSR count). The fraction of sp³-hybridized carbons (Fsp3) is 0.0690. The maximum absolute atomic E-state index is 13.5. The summed E-state index contributed by atoms with van der Waals surface area (Å²) >= 11 is 0.583. The van der Waals surface area contributed by atoms with E-state index in [2.05, 4.69) is 33.7 Å². The SMILES string of the molecule is C#COC(=O)C1=NN(c2cc(SOO[O-])ccc2S(=O)(=O)[O-])C(=O)/C1=C\C=CC=Cc1c(C(=O)OCC)nn(-c2cc(SOO[O-])ccc2S(=O)(=O)[O-])c1O.[K+].[K+].[K+].[K+]. The predicted molar refractivity (Wildman–Crippen MR) is 176 cm³/mol. The van der Waals surface area contributed by atoms with Crippen molar-refractivity contribution in [3.05, 3.63) is 77.5 Å². The first-order valence-electron chi connectivity index (χ1n) is 14.2. The molecule has 0 spiro atoms. The Labute approximate surface area is 513 Å². The number of aromatic hydroxyl groups is 1.